The van der Waals surface area contributed by atoms with Crippen LogP contribution in [-0.2, 0) is 4.79 Å². The number of hydrogen-bond acceptors (Lipinski definition) is 4. The molecule has 0 radical (unpaired) electrons. The molecule has 0 aliphatic rings. The summed E-state index contributed by atoms with van der Waals surface area (Å²) in [7, 11) is 0. The first-order chi connectivity index (χ1) is 10.2. The quantitative estimate of drug-likeness (QED) is 0.792. The zero-order chi connectivity index (χ0) is 14.7. The van der Waals surface area contributed by atoms with Gasteiger partial charge in [0, 0.05) is 5.69 Å². The number of benzene rings is 2. The van der Waals surface area contributed by atoms with Gasteiger partial charge >= 0.3 is 0 Å². The van der Waals surface area contributed by atoms with Gasteiger partial charge in [0.25, 0.3) is 11.1 Å². The Morgan fingerprint density at radius 1 is 1.19 bits per heavy atom. The number of amides is 1. The monoisotopic (exact) mass is 318 g/mol. The van der Waals surface area contributed by atoms with Gasteiger partial charge in [0.1, 0.15) is 0 Å². The van der Waals surface area contributed by atoms with Crippen molar-refractivity contribution in [2.75, 3.05) is 11.9 Å². The number of nitrogens with zero attached hydrogens (tertiary/aromatic N) is 1. The molecule has 3 aromatic rings. The molecule has 0 aliphatic carbocycles. The van der Waals surface area contributed by atoms with Gasteiger partial charge in [0.15, 0.2) is 6.61 Å². The molecule has 1 heterocycles. The largest absolute Gasteiger partial charge is 0.460 e. The number of hydrogen-bond donors (Lipinski definition) is 1. The molecule has 0 atom stereocenters. The van der Waals surface area contributed by atoms with Crippen LogP contribution in [0, 0.1) is 0 Å². The number of fused-ring (bicyclic) bond motifs is 1. The summed E-state index contributed by atoms with van der Waals surface area (Å²) < 4.78 is 6.28. The maximum absolute atomic E-state index is 11.8. The van der Waals surface area contributed by atoms with E-state index in [1.807, 2.05) is 42.5 Å². The van der Waals surface area contributed by atoms with Gasteiger partial charge in [-0.2, -0.15) is 0 Å². The third kappa shape index (κ3) is 3.32. The SMILES string of the molecule is O=C(COc1nc2cccc(Cl)c2s1)Nc1ccccc1. The summed E-state index contributed by atoms with van der Waals surface area (Å²) in [5, 5.41) is 3.81. The second kappa shape index (κ2) is 6.11. The van der Waals surface area contributed by atoms with E-state index in [1.54, 1.807) is 6.07 Å². The van der Waals surface area contributed by atoms with Gasteiger partial charge in [-0.05, 0) is 24.3 Å². The summed E-state index contributed by atoms with van der Waals surface area (Å²) in [5.74, 6) is -0.230. The van der Waals surface area contributed by atoms with Crippen LogP contribution in [0.5, 0.6) is 5.19 Å². The maximum Gasteiger partial charge on any atom is 0.274 e. The van der Waals surface area contributed by atoms with Gasteiger partial charge in [-0.1, -0.05) is 47.2 Å². The molecule has 4 nitrogen and oxygen atoms in total. The summed E-state index contributed by atoms with van der Waals surface area (Å²) >= 11 is 7.40. The first kappa shape index (κ1) is 13.9. The first-order valence-electron chi connectivity index (χ1n) is 6.25. The van der Waals surface area contributed by atoms with E-state index >= 15 is 0 Å². The summed E-state index contributed by atoms with van der Waals surface area (Å²) in [4.78, 5) is 16.1. The van der Waals surface area contributed by atoms with Crippen molar-refractivity contribution in [2.24, 2.45) is 0 Å². The molecule has 2 aromatic carbocycles. The van der Waals surface area contributed by atoms with Gasteiger partial charge in [-0.25, -0.2) is 4.98 Å². The molecule has 0 aliphatic heterocycles. The van der Waals surface area contributed by atoms with Crippen molar-refractivity contribution in [3.63, 3.8) is 0 Å². The van der Waals surface area contributed by atoms with Crippen LogP contribution < -0.4 is 10.1 Å². The second-order valence-corrected chi connectivity index (χ2v) is 5.64. The molecule has 1 N–H and O–H groups in total. The van der Waals surface area contributed by atoms with Crippen molar-refractivity contribution in [1.82, 2.24) is 4.98 Å². The lowest BCUT2D eigenvalue weighted by molar-refractivity contribution is -0.118. The number of halogens is 1. The molecule has 0 fully saturated rings. The third-order valence-corrected chi connectivity index (χ3v) is 4.18. The molecule has 0 saturated heterocycles. The average molecular weight is 319 g/mol. The smallest absolute Gasteiger partial charge is 0.274 e. The fourth-order valence-corrected chi connectivity index (χ4v) is 2.91. The molecular weight excluding hydrogens is 308 g/mol. The Labute approximate surface area is 130 Å². The lowest BCUT2D eigenvalue weighted by Gasteiger charge is -2.04. The highest BCUT2D eigenvalue weighted by atomic mass is 35.5. The highest BCUT2D eigenvalue weighted by Gasteiger charge is 2.09. The van der Waals surface area contributed by atoms with Crippen molar-refractivity contribution < 1.29 is 9.53 Å². The van der Waals surface area contributed by atoms with E-state index < -0.39 is 0 Å². The normalized spacial score (nSPS) is 10.5. The highest BCUT2D eigenvalue weighted by molar-refractivity contribution is 7.20. The molecule has 0 saturated carbocycles. The van der Waals surface area contributed by atoms with E-state index in [0.717, 1.165) is 15.9 Å². The Balaban J connectivity index is 1.64. The molecule has 0 spiro atoms. The number of para-hydroxylation sites is 1. The van der Waals surface area contributed by atoms with Crippen molar-refractivity contribution in [3.05, 3.63) is 53.6 Å². The summed E-state index contributed by atoms with van der Waals surface area (Å²) in [6.45, 7) is -0.0909. The van der Waals surface area contributed by atoms with Crippen molar-refractivity contribution in [1.29, 1.82) is 0 Å². The maximum atomic E-state index is 11.8. The van der Waals surface area contributed by atoms with Gasteiger partial charge in [-0.3, -0.25) is 4.79 Å². The molecule has 21 heavy (non-hydrogen) atoms. The number of aromatic nitrogens is 1. The minimum atomic E-state index is -0.230. The fourth-order valence-electron chi connectivity index (χ4n) is 1.80. The van der Waals surface area contributed by atoms with Gasteiger partial charge in [0.2, 0.25) is 0 Å². The lowest BCUT2D eigenvalue weighted by Crippen LogP contribution is -2.19. The van der Waals surface area contributed by atoms with Crippen molar-refractivity contribution in [2.45, 2.75) is 0 Å². The minimum Gasteiger partial charge on any atom is -0.460 e. The van der Waals surface area contributed by atoms with E-state index in [0.29, 0.717) is 10.2 Å². The van der Waals surface area contributed by atoms with Gasteiger partial charge in [-0.15, -0.1) is 0 Å². The number of carbonyl (C=O) groups excluding carboxylic acids is 1. The summed E-state index contributed by atoms with van der Waals surface area (Å²) in [6, 6.07) is 14.7. The van der Waals surface area contributed by atoms with Crippen LogP contribution >= 0.6 is 22.9 Å². The van der Waals surface area contributed by atoms with E-state index in [9.17, 15) is 4.79 Å². The van der Waals surface area contributed by atoms with Crippen LogP contribution in [0.25, 0.3) is 10.2 Å². The Morgan fingerprint density at radius 3 is 2.76 bits per heavy atom. The van der Waals surface area contributed by atoms with Crippen molar-refractivity contribution >= 4 is 44.7 Å². The van der Waals surface area contributed by atoms with E-state index in [1.165, 1.54) is 11.3 Å². The molecule has 106 valence electrons. The predicted molar refractivity (Wildman–Crippen MR) is 85.2 cm³/mol. The zero-order valence-corrected chi connectivity index (χ0v) is 12.4. The highest BCUT2D eigenvalue weighted by Crippen LogP contribution is 2.32. The van der Waals surface area contributed by atoms with Gasteiger partial charge < -0.3 is 10.1 Å². The van der Waals surface area contributed by atoms with Crippen molar-refractivity contribution in [3.8, 4) is 5.19 Å². The van der Waals surface area contributed by atoms with Crippen LogP contribution in [0.2, 0.25) is 5.02 Å². The average Bonchev–Trinajstić information content (AvgIpc) is 2.91. The molecule has 1 aromatic heterocycles. The van der Waals surface area contributed by atoms with Crippen LogP contribution in [0.3, 0.4) is 0 Å². The predicted octanol–water partition coefficient (Wildman–Crippen LogP) is 3.97. The Kier molecular flexibility index (Phi) is 4.03. The standard InChI is InChI=1S/C15H11ClN2O2S/c16-11-7-4-8-12-14(11)21-15(18-12)20-9-13(19)17-10-5-2-1-3-6-10/h1-8H,9H2,(H,17,19). The molecule has 0 bridgehead atoms. The fraction of sp³-hybridized carbons (Fsp3) is 0.0667. The molecule has 3 rings (SSSR count). The number of nitrogens with one attached hydrogen (secondary N) is 1. The van der Waals surface area contributed by atoms with Crippen LogP contribution in [0.15, 0.2) is 48.5 Å². The topological polar surface area (TPSA) is 51.2 Å². The van der Waals surface area contributed by atoms with Crippen LogP contribution in [0.1, 0.15) is 0 Å². The molecule has 6 heteroatoms. The van der Waals surface area contributed by atoms with Crippen LogP contribution in [0.4, 0.5) is 5.69 Å². The summed E-state index contributed by atoms with van der Waals surface area (Å²) in [5.41, 5.74) is 1.50. The summed E-state index contributed by atoms with van der Waals surface area (Å²) in [6.07, 6.45) is 0. The minimum absolute atomic E-state index is 0.0909. The van der Waals surface area contributed by atoms with E-state index in [4.69, 9.17) is 16.3 Å². The Morgan fingerprint density at radius 2 is 2.00 bits per heavy atom. The Bertz CT molecular complexity index is 774. The van der Waals surface area contributed by atoms with E-state index in [-0.39, 0.29) is 12.5 Å². The molecule has 0 unspecified atom stereocenters. The lowest BCUT2D eigenvalue weighted by atomic mass is 10.3. The number of carbonyl (C=O) groups is 1. The molecular formula is C15H11ClN2O2S. The zero-order valence-electron chi connectivity index (χ0n) is 10.9. The Hall–Kier alpha value is -2.11. The second-order valence-electron chi connectivity index (χ2n) is 4.27. The number of thiazole rings is 1. The van der Waals surface area contributed by atoms with E-state index in [2.05, 4.69) is 10.3 Å². The first-order valence-corrected chi connectivity index (χ1v) is 7.44. The van der Waals surface area contributed by atoms with Crippen LogP contribution in [-0.4, -0.2) is 17.5 Å². The number of anilines is 1. The van der Waals surface area contributed by atoms with Gasteiger partial charge in [0.05, 0.1) is 15.2 Å². The third-order valence-electron chi connectivity index (χ3n) is 2.73. The number of rotatable bonds is 4. The molecule has 1 amide bonds. The number of ether oxygens (including phenoxy) is 1.